The van der Waals surface area contributed by atoms with E-state index >= 15 is 0 Å². The number of likely N-dealkylation sites (tertiary alicyclic amines) is 1. The Hall–Kier alpha value is -1.49. The molecule has 1 aliphatic rings. The summed E-state index contributed by atoms with van der Waals surface area (Å²) in [6.07, 6.45) is 2.48. The van der Waals surface area contributed by atoms with Gasteiger partial charge in [-0.3, -0.25) is 4.79 Å². The first kappa shape index (κ1) is 13.0. The Morgan fingerprint density at radius 2 is 2.22 bits per heavy atom. The van der Waals surface area contributed by atoms with Crippen LogP contribution in [0.15, 0.2) is 18.2 Å². The SMILES string of the molecule is NC(=S)c1ccc(CN2CCCCC2=O)c(F)c1. The molecule has 0 radical (unpaired) electrons. The molecule has 1 aromatic carbocycles. The second-order valence-electron chi connectivity index (χ2n) is 4.44. The van der Waals surface area contributed by atoms with E-state index in [1.165, 1.54) is 6.07 Å². The minimum atomic E-state index is -0.362. The molecule has 96 valence electrons. The molecule has 1 saturated heterocycles. The van der Waals surface area contributed by atoms with Crippen molar-refractivity contribution >= 4 is 23.1 Å². The van der Waals surface area contributed by atoms with Crippen LogP contribution in [-0.4, -0.2) is 22.3 Å². The third-order valence-electron chi connectivity index (χ3n) is 3.12. The van der Waals surface area contributed by atoms with Crippen LogP contribution in [-0.2, 0) is 11.3 Å². The topological polar surface area (TPSA) is 46.3 Å². The van der Waals surface area contributed by atoms with Gasteiger partial charge < -0.3 is 10.6 Å². The van der Waals surface area contributed by atoms with Crippen molar-refractivity contribution in [2.45, 2.75) is 25.8 Å². The van der Waals surface area contributed by atoms with Crippen LogP contribution in [0.3, 0.4) is 0 Å². The van der Waals surface area contributed by atoms with E-state index in [9.17, 15) is 9.18 Å². The summed E-state index contributed by atoms with van der Waals surface area (Å²) in [6, 6.07) is 4.66. The molecule has 0 unspecified atom stereocenters. The third-order valence-corrected chi connectivity index (χ3v) is 3.36. The van der Waals surface area contributed by atoms with Gasteiger partial charge in [0, 0.05) is 30.6 Å². The van der Waals surface area contributed by atoms with Gasteiger partial charge in [0.2, 0.25) is 5.91 Å². The predicted octanol–water partition coefficient (Wildman–Crippen LogP) is 1.97. The lowest BCUT2D eigenvalue weighted by molar-refractivity contribution is -0.133. The smallest absolute Gasteiger partial charge is 0.222 e. The molecule has 2 N–H and O–H groups in total. The highest BCUT2D eigenvalue weighted by atomic mass is 32.1. The summed E-state index contributed by atoms with van der Waals surface area (Å²) in [5, 5.41) is 0. The van der Waals surface area contributed by atoms with Gasteiger partial charge in [-0.2, -0.15) is 0 Å². The van der Waals surface area contributed by atoms with Crippen molar-refractivity contribution in [2.75, 3.05) is 6.54 Å². The Morgan fingerprint density at radius 1 is 1.44 bits per heavy atom. The summed E-state index contributed by atoms with van der Waals surface area (Å²) in [4.78, 5) is 13.5. The number of piperidine rings is 1. The minimum Gasteiger partial charge on any atom is -0.389 e. The van der Waals surface area contributed by atoms with Gasteiger partial charge in [0.25, 0.3) is 0 Å². The molecule has 0 aromatic heterocycles. The number of hydrogen-bond acceptors (Lipinski definition) is 2. The molecule has 1 aliphatic heterocycles. The van der Waals surface area contributed by atoms with Crippen LogP contribution in [0.1, 0.15) is 30.4 Å². The van der Waals surface area contributed by atoms with E-state index in [1.54, 1.807) is 17.0 Å². The molecule has 0 spiro atoms. The van der Waals surface area contributed by atoms with Crippen molar-refractivity contribution in [2.24, 2.45) is 5.73 Å². The van der Waals surface area contributed by atoms with E-state index < -0.39 is 0 Å². The fraction of sp³-hybridized carbons (Fsp3) is 0.385. The molecule has 18 heavy (non-hydrogen) atoms. The summed E-state index contributed by atoms with van der Waals surface area (Å²) in [5.41, 5.74) is 6.45. The molecule has 0 atom stereocenters. The lowest BCUT2D eigenvalue weighted by Gasteiger charge is -2.26. The largest absolute Gasteiger partial charge is 0.389 e. The number of amides is 1. The fourth-order valence-corrected chi connectivity index (χ4v) is 2.19. The first-order valence-corrected chi connectivity index (χ1v) is 6.35. The number of nitrogens with two attached hydrogens (primary N) is 1. The lowest BCUT2D eigenvalue weighted by Crippen LogP contribution is -2.34. The van der Waals surface area contributed by atoms with Gasteiger partial charge >= 0.3 is 0 Å². The Balaban J connectivity index is 2.14. The summed E-state index contributed by atoms with van der Waals surface area (Å²) < 4.78 is 13.8. The minimum absolute atomic E-state index is 0.0964. The van der Waals surface area contributed by atoms with Crippen molar-refractivity contribution in [1.82, 2.24) is 4.90 Å². The molecule has 3 nitrogen and oxygen atoms in total. The molecule has 1 heterocycles. The summed E-state index contributed by atoms with van der Waals surface area (Å²) in [6.45, 7) is 1.03. The van der Waals surface area contributed by atoms with Crippen LogP contribution < -0.4 is 5.73 Å². The summed E-state index contributed by atoms with van der Waals surface area (Å²) in [7, 11) is 0. The molecule has 0 saturated carbocycles. The predicted molar refractivity (Wildman–Crippen MR) is 71.6 cm³/mol. The first-order valence-electron chi connectivity index (χ1n) is 5.94. The van der Waals surface area contributed by atoms with Gasteiger partial charge in [0.15, 0.2) is 0 Å². The van der Waals surface area contributed by atoms with Crippen molar-refractivity contribution in [3.05, 3.63) is 35.1 Å². The maximum absolute atomic E-state index is 13.8. The first-order chi connectivity index (χ1) is 8.58. The second kappa shape index (κ2) is 5.44. The normalized spacial score (nSPS) is 15.8. The fourth-order valence-electron chi connectivity index (χ4n) is 2.06. The highest BCUT2D eigenvalue weighted by Crippen LogP contribution is 2.17. The maximum atomic E-state index is 13.8. The number of carbonyl (C=O) groups excluding carboxylic acids is 1. The van der Waals surface area contributed by atoms with E-state index in [0.717, 1.165) is 12.8 Å². The second-order valence-corrected chi connectivity index (χ2v) is 4.88. The van der Waals surface area contributed by atoms with Gasteiger partial charge in [0.1, 0.15) is 10.8 Å². The van der Waals surface area contributed by atoms with Gasteiger partial charge in [-0.15, -0.1) is 0 Å². The highest BCUT2D eigenvalue weighted by molar-refractivity contribution is 7.80. The number of thiocarbonyl (C=S) groups is 1. The number of benzene rings is 1. The molecule has 1 fully saturated rings. The van der Waals surface area contributed by atoms with E-state index in [1.807, 2.05) is 0 Å². The zero-order valence-electron chi connectivity index (χ0n) is 9.99. The third kappa shape index (κ3) is 2.85. The molecule has 1 amide bonds. The van der Waals surface area contributed by atoms with Gasteiger partial charge in [-0.1, -0.05) is 24.4 Å². The Morgan fingerprint density at radius 3 is 2.83 bits per heavy atom. The van der Waals surface area contributed by atoms with Crippen LogP contribution >= 0.6 is 12.2 Å². The zero-order valence-corrected chi connectivity index (χ0v) is 10.8. The Bertz CT molecular complexity index is 490. The number of hydrogen-bond donors (Lipinski definition) is 1. The van der Waals surface area contributed by atoms with Crippen molar-refractivity contribution in [1.29, 1.82) is 0 Å². The van der Waals surface area contributed by atoms with Crippen molar-refractivity contribution < 1.29 is 9.18 Å². The average Bonchev–Trinajstić information content (AvgIpc) is 2.34. The molecule has 0 bridgehead atoms. The van der Waals surface area contributed by atoms with Gasteiger partial charge in [-0.05, 0) is 18.9 Å². The van der Waals surface area contributed by atoms with Crippen LogP contribution in [0, 0.1) is 5.82 Å². The number of nitrogens with zero attached hydrogens (tertiary/aromatic N) is 1. The monoisotopic (exact) mass is 266 g/mol. The lowest BCUT2D eigenvalue weighted by atomic mass is 10.1. The van der Waals surface area contributed by atoms with E-state index in [2.05, 4.69) is 0 Å². The van der Waals surface area contributed by atoms with Crippen LogP contribution in [0.2, 0.25) is 0 Å². The number of halogens is 1. The number of carbonyl (C=O) groups is 1. The Kier molecular flexibility index (Phi) is 3.91. The van der Waals surface area contributed by atoms with Crippen molar-refractivity contribution in [3.8, 4) is 0 Å². The Labute approximate surface area is 111 Å². The van der Waals surface area contributed by atoms with E-state index in [0.29, 0.717) is 30.6 Å². The summed E-state index contributed by atoms with van der Waals surface area (Å²) in [5.74, 6) is -0.266. The molecule has 1 aromatic rings. The van der Waals surface area contributed by atoms with Crippen molar-refractivity contribution in [3.63, 3.8) is 0 Å². The van der Waals surface area contributed by atoms with Crippen LogP contribution in [0.25, 0.3) is 0 Å². The highest BCUT2D eigenvalue weighted by Gasteiger charge is 2.19. The molecule has 0 aliphatic carbocycles. The summed E-state index contributed by atoms with van der Waals surface area (Å²) >= 11 is 4.79. The van der Waals surface area contributed by atoms with Crippen LogP contribution in [0.4, 0.5) is 4.39 Å². The maximum Gasteiger partial charge on any atom is 0.222 e. The zero-order chi connectivity index (χ0) is 13.1. The van der Waals surface area contributed by atoms with Crippen LogP contribution in [0.5, 0.6) is 0 Å². The molecule has 2 rings (SSSR count). The quantitative estimate of drug-likeness (QED) is 0.851. The standard InChI is InChI=1S/C13H15FN2OS/c14-11-7-9(13(15)18)4-5-10(11)8-16-6-2-1-3-12(16)17/h4-5,7H,1-3,6,8H2,(H2,15,18). The average molecular weight is 266 g/mol. The molecule has 5 heteroatoms. The van der Waals surface area contributed by atoms with Gasteiger partial charge in [0.05, 0.1) is 0 Å². The van der Waals surface area contributed by atoms with Gasteiger partial charge in [-0.25, -0.2) is 4.39 Å². The molecular formula is C13H15FN2OS. The molecular weight excluding hydrogens is 251 g/mol. The van der Waals surface area contributed by atoms with E-state index in [4.69, 9.17) is 18.0 Å². The van der Waals surface area contributed by atoms with E-state index in [-0.39, 0.29) is 16.7 Å². The number of rotatable bonds is 3.